The molecule has 0 spiro atoms. The Morgan fingerprint density at radius 3 is 2.28 bits per heavy atom. The van der Waals surface area contributed by atoms with E-state index in [2.05, 4.69) is 65.0 Å². The topological polar surface area (TPSA) is 58.1 Å². The number of rotatable bonds is 9. The normalized spacial score (nSPS) is 12.1. The van der Waals surface area contributed by atoms with E-state index in [1.807, 2.05) is 18.2 Å². The highest BCUT2D eigenvalue weighted by Gasteiger charge is 2.17. The van der Waals surface area contributed by atoms with Gasteiger partial charge < -0.3 is 25.0 Å². The fourth-order valence-electron chi connectivity index (χ4n) is 3.04. The Hall–Kier alpha value is -2.00. The number of nitrogens with one attached hydrogen (secondary N) is 2. The van der Waals surface area contributed by atoms with Gasteiger partial charge in [-0.05, 0) is 43.8 Å². The Balaban J connectivity index is 0.00000420. The standard InChI is InChI=1S/C22H32N4O2.HI/c1-23-22(24-14-13-17-9-7-6-8-10-17)25-16-19(26(2)3)18-11-12-20(27-4)21(15-18)28-5;/h6-12,15,19H,13-14,16H2,1-5H3,(H2,23,24,25);1H. The SMILES string of the molecule is CN=C(NCCc1ccccc1)NCC(c1ccc(OC)c(OC)c1)N(C)C.I. The zero-order valence-corrected chi connectivity index (χ0v) is 20.3. The molecule has 0 aliphatic heterocycles. The lowest BCUT2D eigenvalue weighted by atomic mass is 10.1. The first kappa shape index (κ1) is 25.0. The number of methoxy groups -OCH3 is 2. The first-order chi connectivity index (χ1) is 13.6. The van der Waals surface area contributed by atoms with Crippen LogP contribution in [0.25, 0.3) is 0 Å². The number of aliphatic imine (C=N–C) groups is 1. The van der Waals surface area contributed by atoms with Crippen molar-refractivity contribution in [2.45, 2.75) is 12.5 Å². The number of ether oxygens (including phenoxy) is 2. The summed E-state index contributed by atoms with van der Waals surface area (Å²) in [5.74, 6) is 2.26. The molecule has 1 atom stereocenters. The predicted octanol–water partition coefficient (Wildman–Crippen LogP) is 3.33. The van der Waals surface area contributed by atoms with Gasteiger partial charge in [0.2, 0.25) is 0 Å². The van der Waals surface area contributed by atoms with Gasteiger partial charge in [-0.2, -0.15) is 0 Å². The largest absolute Gasteiger partial charge is 0.493 e. The van der Waals surface area contributed by atoms with Crippen LogP contribution in [0.1, 0.15) is 17.2 Å². The van der Waals surface area contributed by atoms with Crippen molar-refractivity contribution in [3.8, 4) is 11.5 Å². The molecule has 0 saturated heterocycles. The Morgan fingerprint density at radius 2 is 1.69 bits per heavy atom. The number of guanidine groups is 1. The lowest BCUT2D eigenvalue weighted by Crippen LogP contribution is -2.42. The molecule has 29 heavy (non-hydrogen) atoms. The van der Waals surface area contributed by atoms with Crippen molar-refractivity contribution in [2.24, 2.45) is 4.99 Å². The molecule has 2 aromatic rings. The van der Waals surface area contributed by atoms with Crippen LogP contribution in [-0.4, -0.2) is 59.3 Å². The second-order valence-electron chi connectivity index (χ2n) is 6.71. The van der Waals surface area contributed by atoms with Crippen LogP contribution in [0.15, 0.2) is 53.5 Å². The Bertz CT molecular complexity index is 754. The molecule has 0 aliphatic carbocycles. The van der Waals surface area contributed by atoms with Crippen molar-refractivity contribution in [3.05, 3.63) is 59.7 Å². The molecule has 0 heterocycles. The number of likely N-dealkylation sites (N-methyl/N-ethyl adjacent to an activating group) is 1. The molecule has 1 unspecified atom stereocenters. The average Bonchev–Trinajstić information content (AvgIpc) is 2.72. The fourth-order valence-corrected chi connectivity index (χ4v) is 3.04. The molecular weight excluding hydrogens is 479 g/mol. The summed E-state index contributed by atoms with van der Waals surface area (Å²) in [5, 5.41) is 6.81. The molecule has 0 bridgehead atoms. The third kappa shape index (κ3) is 7.74. The quantitative estimate of drug-likeness (QED) is 0.307. The number of benzene rings is 2. The molecule has 6 nitrogen and oxygen atoms in total. The molecule has 7 heteroatoms. The first-order valence-corrected chi connectivity index (χ1v) is 9.45. The van der Waals surface area contributed by atoms with E-state index in [1.54, 1.807) is 21.3 Å². The van der Waals surface area contributed by atoms with Crippen LogP contribution in [0, 0.1) is 0 Å². The van der Waals surface area contributed by atoms with Gasteiger partial charge in [0.1, 0.15) is 0 Å². The smallest absolute Gasteiger partial charge is 0.191 e. The number of hydrogen-bond acceptors (Lipinski definition) is 4. The maximum atomic E-state index is 5.45. The fraction of sp³-hybridized carbons (Fsp3) is 0.409. The van der Waals surface area contributed by atoms with E-state index in [0.717, 1.165) is 36.0 Å². The summed E-state index contributed by atoms with van der Waals surface area (Å²) >= 11 is 0. The van der Waals surface area contributed by atoms with Crippen LogP contribution < -0.4 is 20.1 Å². The molecule has 160 valence electrons. The third-order valence-electron chi connectivity index (χ3n) is 4.65. The summed E-state index contributed by atoms with van der Waals surface area (Å²) in [5.41, 5.74) is 2.46. The maximum absolute atomic E-state index is 5.45. The summed E-state index contributed by atoms with van der Waals surface area (Å²) in [7, 11) is 9.22. The lowest BCUT2D eigenvalue weighted by Gasteiger charge is -2.26. The van der Waals surface area contributed by atoms with Crippen molar-refractivity contribution in [2.75, 3.05) is 48.5 Å². The molecular formula is C22H33IN4O2. The number of nitrogens with zero attached hydrogens (tertiary/aromatic N) is 2. The van der Waals surface area contributed by atoms with Crippen molar-refractivity contribution in [1.82, 2.24) is 15.5 Å². The van der Waals surface area contributed by atoms with Gasteiger partial charge in [0.05, 0.1) is 20.3 Å². The van der Waals surface area contributed by atoms with Gasteiger partial charge >= 0.3 is 0 Å². The Kier molecular flexibility index (Phi) is 11.5. The average molecular weight is 512 g/mol. The molecule has 0 aromatic heterocycles. The molecule has 0 fully saturated rings. The zero-order valence-electron chi connectivity index (χ0n) is 17.9. The molecule has 0 saturated carbocycles. The van der Waals surface area contributed by atoms with Crippen LogP contribution in [0.5, 0.6) is 11.5 Å². The van der Waals surface area contributed by atoms with Gasteiger partial charge in [0.25, 0.3) is 0 Å². The van der Waals surface area contributed by atoms with Crippen LogP contribution in [-0.2, 0) is 6.42 Å². The van der Waals surface area contributed by atoms with E-state index < -0.39 is 0 Å². The van der Waals surface area contributed by atoms with E-state index in [1.165, 1.54) is 5.56 Å². The Labute approximate surface area is 191 Å². The van der Waals surface area contributed by atoms with Crippen LogP contribution in [0.4, 0.5) is 0 Å². The second-order valence-corrected chi connectivity index (χ2v) is 6.71. The molecule has 0 amide bonds. The van der Waals surface area contributed by atoms with E-state index >= 15 is 0 Å². The van der Waals surface area contributed by atoms with Crippen LogP contribution in [0.2, 0.25) is 0 Å². The number of hydrogen-bond donors (Lipinski definition) is 2. The van der Waals surface area contributed by atoms with E-state index in [0.29, 0.717) is 6.54 Å². The third-order valence-corrected chi connectivity index (χ3v) is 4.65. The maximum Gasteiger partial charge on any atom is 0.191 e. The minimum absolute atomic E-state index is 0. The highest BCUT2D eigenvalue weighted by atomic mass is 127. The van der Waals surface area contributed by atoms with Crippen LogP contribution in [0.3, 0.4) is 0 Å². The van der Waals surface area contributed by atoms with Gasteiger partial charge in [-0.3, -0.25) is 4.99 Å². The Morgan fingerprint density at radius 1 is 1.00 bits per heavy atom. The molecule has 0 aliphatic rings. The van der Waals surface area contributed by atoms with Gasteiger partial charge in [-0.15, -0.1) is 24.0 Å². The van der Waals surface area contributed by atoms with Crippen molar-refractivity contribution in [1.29, 1.82) is 0 Å². The molecule has 2 N–H and O–H groups in total. The monoisotopic (exact) mass is 512 g/mol. The predicted molar refractivity (Wildman–Crippen MR) is 131 cm³/mol. The van der Waals surface area contributed by atoms with Crippen molar-refractivity contribution in [3.63, 3.8) is 0 Å². The highest BCUT2D eigenvalue weighted by molar-refractivity contribution is 14.0. The summed E-state index contributed by atoms with van der Waals surface area (Å²) in [6, 6.07) is 16.6. The minimum Gasteiger partial charge on any atom is -0.493 e. The molecule has 0 radical (unpaired) electrons. The summed E-state index contributed by atoms with van der Waals surface area (Å²) in [6.45, 7) is 1.54. The lowest BCUT2D eigenvalue weighted by molar-refractivity contribution is 0.295. The number of halogens is 1. The highest BCUT2D eigenvalue weighted by Crippen LogP contribution is 2.31. The van der Waals surface area contributed by atoms with Crippen molar-refractivity contribution >= 4 is 29.9 Å². The van der Waals surface area contributed by atoms with E-state index in [4.69, 9.17) is 9.47 Å². The zero-order chi connectivity index (χ0) is 20.4. The minimum atomic E-state index is 0. The summed E-state index contributed by atoms with van der Waals surface area (Å²) in [4.78, 5) is 6.51. The summed E-state index contributed by atoms with van der Waals surface area (Å²) in [6.07, 6.45) is 0.953. The second kappa shape index (κ2) is 13.3. The van der Waals surface area contributed by atoms with Gasteiger partial charge in [-0.1, -0.05) is 36.4 Å². The summed E-state index contributed by atoms with van der Waals surface area (Å²) < 4.78 is 10.8. The van der Waals surface area contributed by atoms with Crippen molar-refractivity contribution < 1.29 is 9.47 Å². The van der Waals surface area contributed by atoms with Gasteiger partial charge in [0.15, 0.2) is 17.5 Å². The molecule has 2 rings (SSSR count). The van der Waals surface area contributed by atoms with Gasteiger partial charge in [0, 0.05) is 20.1 Å². The van der Waals surface area contributed by atoms with Gasteiger partial charge in [-0.25, -0.2) is 0 Å². The first-order valence-electron chi connectivity index (χ1n) is 9.45. The van der Waals surface area contributed by atoms with Crippen LogP contribution >= 0.6 is 24.0 Å². The molecule has 2 aromatic carbocycles. The van der Waals surface area contributed by atoms with E-state index in [-0.39, 0.29) is 30.0 Å². The van der Waals surface area contributed by atoms with E-state index in [9.17, 15) is 0 Å².